The summed E-state index contributed by atoms with van der Waals surface area (Å²) in [6.07, 6.45) is 0.789. The van der Waals surface area contributed by atoms with Gasteiger partial charge in [-0.15, -0.1) is 0 Å². The maximum absolute atomic E-state index is 11.1. The van der Waals surface area contributed by atoms with Crippen molar-refractivity contribution in [3.8, 4) is 0 Å². The van der Waals surface area contributed by atoms with E-state index in [-0.39, 0.29) is 5.56 Å². The second kappa shape index (κ2) is 4.33. The highest BCUT2D eigenvalue weighted by Crippen LogP contribution is 2.20. The van der Waals surface area contributed by atoms with Crippen LogP contribution in [0.1, 0.15) is 22.8 Å². The van der Waals surface area contributed by atoms with Crippen LogP contribution in [0, 0.1) is 6.92 Å². The number of aromatic nitrogens is 1. The number of aryl methyl sites for hydroxylation is 1. The number of aliphatic hydroxyl groups excluding tert-OH is 1. The molecule has 1 aromatic carbocycles. The number of hydrogen-bond donors (Lipinski definition) is 2. The number of aliphatic hydroxyl groups is 1. The van der Waals surface area contributed by atoms with Gasteiger partial charge in [0, 0.05) is 12.3 Å². The standard InChI is InChI=1S/C13H13NO2/c1-9-2-4-10(5-3-9)13(16)11-6-7-14-12(15)8-11/h2-8,13,16H,1H3,(H,14,15). The number of H-pyrrole nitrogens is 1. The van der Waals surface area contributed by atoms with Gasteiger partial charge in [0.1, 0.15) is 6.10 Å². The number of aromatic amines is 1. The molecule has 0 bridgehead atoms. The Hall–Kier alpha value is -1.87. The number of benzene rings is 1. The van der Waals surface area contributed by atoms with Crippen molar-refractivity contribution in [2.45, 2.75) is 13.0 Å². The zero-order chi connectivity index (χ0) is 11.5. The minimum absolute atomic E-state index is 0.205. The summed E-state index contributed by atoms with van der Waals surface area (Å²) in [6, 6.07) is 10.7. The van der Waals surface area contributed by atoms with Crippen molar-refractivity contribution in [1.82, 2.24) is 4.98 Å². The van der Waals surface area contributed by atoms with Crippen molar-refractivity contribution in [1.29, 1.82) is 0 Å². The molecule has 0 amide bonds. The van der Waals surface area contributed by atoms with Gasteiger partial charge in [0.05, 0.1) is 0 Å². The number of nitrogens with one attached hydrogen (secondary N) is 1. The molecule has 0 radical (unpaired) electrons. The zero-order valence-electron chi connectivity index (χ0n) is 8.97. The molecule has 1 aromatic heterocycles. The Kier molecular flexibility index (Phi) is 2.88. The lowest BCUT2D eigenvalue weighted by atomic mass is 10.0. The maximum Gasteiger partial charge on any atom is 0.248 e. The van der Waals surface area contributed by atoms with Crippen LogP contribution in [0.4, 0.5) is 0 Å². The van der Waals surface area contributed by atoms with Gasteiger partial charge in [-0.05, 0) is 24.1 Å². The van der Waals surface area contributed by atoms with Crippen LogP contribution in [0.25, 0.3) is 0 Å². The first kappa shape index (κ1) is 10.6. The third kappa shape index (κ3) is 2.20. The third-order valence-corrected chi connectivity index (χ3v) is 2.51. The molecule has 2 aromatic rings. The SMILES string of the molecule is Cc1ccc(C(O)c2cc[nH]c(=O)c2)cc1. The average molecular weight is 215 g/mol. The van der Waals surface area contributed by atoms with Gasteiger partial charge >= 0.3 is 0 Å². The molecule has 0 aliphatic heterocycles. The summed E-state index contributed by atoms with van der Waals surface area (Å²) in [5.74, 6) is 0. The summed E-state index contributed by atoms with van der Waals surface area (Å²) in [6.45, 7) is 1.99. The summed E-state index contributed by atoms with van der Waals surface area (Å²) in [5, 5.41) is 10.1. The quantitative estimate of drug-likeness (QED) is 0.802. The summed E-state index contributed by atoms with van der Waals surface area (Å²) in [5.41, 5.74) is 2.33. The Morgan fingerprint density at radius 2 is 1.81 bits per heavy atom. The fraction of sp³-hybridized carbons (Fsp3) is 0.154. The van der Waals surface area contributed by atoms with Crippen molar-refractivity contribution in [2.24, 2.45) is 0 Å². The second-order valence-electron chi connectivity index (χ2n) is 3.80. The predicted octanol–water partition coefficient (Wildman–Crippen LogP) is 1.77. The highest BCUT2D eigenvalue weighted by atomic mass is 16.3. The Labute approximate surface area is 93.4 Å². The third-order valence-electron chi connectivity index (χ3n) is 2.51. The Bertz CT molecular complexity index is 528. The molecule has 1 unspecified atom stereocenters. The minimum atomic E-state index is -0.747. The Morgan fingerprint density at radius 3 is 2.44 bits per heavy atom. The summed E-state index contributed by atoms with van der Waals surface area (Å²) < 4.78 is 0. The van der Waals surface area contributed by atoms with E-state index in [0.29, 0.717) is 5.56 Å². The van der Waals surface area contributed by atoms with Crippen molar-refractivity contribution >= 4 is 0 Å². The molecule has 1 atom stereocenters. The zero-order valence-corrected chi connectivity index (χ0v) is 8.97. The van der Waals surface area contributed by atoms with E-state index in [2.05, 4.69) is 4.98 Å². The number of hydrogen-bond acceptors (Lipinski definition) is 2. The summed E-state index contributed by atoms with van der Waals surface area (Å²) >= 11 is 0. The molecule has 0 saturated heterocycles. The van der Waals surface area contributed by atoms with E-state index in [0.717, 1.165) is 11.1 Å². The molecule has 3 nitrogen and oxygen atoms in total. The fourth-order valence-corrected chi connectivity index (χ4v) is 1.57. The normalized spacial score (nSPS) is 12.4. The topological polar surface area (TPSA) is 53.1 Å². The molecule has 82 valence electrons. The lowest BCUT2D eigenvalue weighted by Crippen LogP contribution is -2.08. The number of rotatable bonds is 2. The van der Waals surface area contributed by atoms with Gasteiger partial charge in [0.15, 0.2) is 0 Å². The first-order valence-corrected chi connectivity index (χ1v) is 5.10. The van der Waals surface area contributed by atoms with E-state index in [1.165, 1.54) is 12.3 Å². The summed E-state index contributed by atoms with van der Waals surface area (Å²) in [4.78, 5) is 13.6. The maximum atomic E-state index is 11.1. The molecule has 2 rings (SSSR count). The molecule has 3 heteroatoms. The monoisotopic (exact) mass is 215 g/mol. The molecule has 2 N–H and O–H groups in total. The van der Waals surface area contributed by atoms with Crippen molar-refractivity contribution in [2.75, 3.05) is 0 Å². The van der Waals surface area contributed by atoms with Gasteiger partial charge in [-0.25, -0.2) is 0 Å². The van der Waals surface area contributed by atoms with Crippen LogP contribution in [0.15, 0.2) is 47.4 Å². The lowest BCUT2D eigenvalue weighted by Gasteiger charge is -2.10. The van der Waals surface area contributed by atoms with Crippen LogP contribution in [0.5, 0.6) is 0 Å². The Morgan fingerprint density at radius 1 is 1.12 bits per heavy atom. The van der Waals surface area contributed by atoms with Crippen molar-refractivity contribution in [3.63, 3.8) is 0 Å². The molecule has 0 aliphatic carbocycles. The molecule has 0 fully saturated rings. The van der Waals surface area contributed by atoms with E-state index in [1.54, 1.807) is 6.07 Å². The van der Waals surface area contributed by atoms with E-state index in [4.69, 9.17) is 0 Å². The van der Waals surface area contributed by atoms with Gasteiger partial charge in [-0.3, -0.25) is 4.79 Å². The van der Waals surface area contributed by atoms with Gasteiger partial charge in [-0.2, -0.15) is 0 Å². The van der Waals surface area contributed by atoms with Crippen LogP contribution in [0.3, 0.4) is 0 Å². The van der Waals surface area contributed by atoms with Crippen molar-refractivity contribution in [3.05, 3.63) is 69.6 Å². The molecular weight excluding hydrogens is 202 g/mol. The first-order chi connectivity index (χ1) is 7.66. The van der Waals surface area contributed by atoms with Crippen LogP contribution in [-0.4, -0.2) is 10.1 Å². The molecule has 0 saturated carbocycles. The van der Waals surface area contributed by atoms with Crippen LogP contribution < -0.4 is 5.56 Å². The van der Waals surface area contributed by atoms with Gasteiger partial charge < -0.3 is 10.1 Å². The highest BCUT2D eigenvalue weighted by molar-refractivity contribution is 5.30. The number of pyridine rings is 1. The molecule has 16 heavy (non-hydrogen) atoms. The van der Waals surface area contributed by atoms with Gasteiger partial charge in [-0.1, -0.05) is 29.8 Å². The van der Waals surface area contributed by atoms with Gasteiger partial charge in [0.25, 0.3) is 0 Å². The van der Waals surface area contributed by atoms with Crippen LogP contribution in [0.2, 0.25) is 0 Å². The average Bonchev–Trinajstić information content (AvgIpc) is 2.29. The minimum Gasteiger partial charge on any atom is -0.384 e. The highest BCUT2D eigenvalue weighted by Gasteiger charge is 2.09. The predicted molar refractivity (Wildman–Crippen MR) is 62.3 cm³/mol. The molecule has 1 heterocycles. The lowest BCUT2D eigenvalue weighted by molar-refractivity contribution is 0.220. The van der Waals surface area contributed by atoms with Crippen LogP contribution >= 0.6 is 0 Å². The Balaban J connectivity index is 2.35. The van der Waals surface area contributed by atoms with E-state index in [9.17, 15) is 9.90 Å². The van der Waals surface area contributed by atoms with E-state index in [1.807, 2.05) is 31.2 Å². The smallest absolute Gasteiger partial charge is 0.248 e. The van der Waals surface area contributed by atoms with Crippen molar-refractivity contribution < 1.29 is 5.11 Å². The van der Waals surface area contributed by atoms with E-state index < -0.39 is 6.10 Å². The summed E-state index contributed by atoms with van der Waals surface area (Å²) in [7, 11) is 0. The first-order valence-electron chi connectivity index (χ1n) is 5.10. The largest absolute Gasteiger partial charge is 0.384 e. The van der Waals surface area contributed by atoms with E-state index >= 15 is 0 Å². The molecule has 0 spiro atoms. The van der Waals surface area contributed by atoms with Gasteiger partial charge in [0.2, 0.25) is 5.56 Å². The second-order valence-corrected chi connectivity index (χ2v) is 3.80. The fourth-order valence-electron chi connectivity index (χ4n) is 1.57. The van der Waals surface area contributed by atoms with Crippen LogP contribution in [-0.2, 0) is 0 Å². The molecular formula is C13H13NO2. The molecule has 0 aliphatic rings.